The summed E-state index contributed by atoms with van der Waals surface area (Å²) in [6.45, 7) is 0.644. The number of sulfone groups is 1. The largest absolute Gasteiger partial charge is 0.464 e. The number of carbonyl (C=O) groups is 3. The van der Waals surface area contributed by atoms with E-state index in [0.29, 0.717) is 4.90 Å². The summed E-state index contributed by atoms with van der Waals surface area (Å²) in [6, 6.07) is 0. The third-order valence-corrected chi connectivity index (χ3v) is 5.00. The first kappa shape index (κ1) is 15.9. The van der Waals surface area contributed by atoms with Gasteiger partial charge in [-0.15, -0.1) is 0 Å². The van der Waals surface area contributed by atoms with Crippen molar-refractivity contribution in [1.29, 1.82) is 0 Å². The second-order valence-corrected chi connectivity index (χ2v) is 6.60. The van der Waals surface area contributed by atoms with E-state index in [1.54, 1.807) is 0 Å². The molecular formula is C11H11N3O7S. The summed E-state index contributed by atoms with van der Waals surface area (Å²) in [7, 11) is -2.87. The molecule has 0 aromatic rings. The van der Waals surface area contributed by atoms with Crippen molar-refractivity contribution in [3.05, 3.63) is 16.8 Å². The maximum atomic E-state index is 12.2. The van der Waals surface area contributed by atoms with Crippen LogP contribution in [-0.4, -0.2) is 66.5 Å². The van der Waals surface area contributed by atoms with Crippen molar-refractivity contribution in [1.82, 2.24) is 4.90 Å². The van der Waals surface area contributed by atoms with Gasteiger partial charge in [-0.05, 0) is 0 Å². The van der Waals surface area contributed by atoms with Crippen molar-refractivity contribution in [2.24, 2.45) is 0 Å². The van der Waals surface area contributed by atoms with Crippen LogP contribution in [0.1, 0.15) is 6.92 Å². The van der Waals surface area contributed by atoms with E-state index in [9.17, 15) is 22.8 Å². The van der Waals surface area contributed by atoms with E-state index >= 15 is 0 Å². The molecule has 2 heterocycles. The minimum Gasteiger partial charge on any atom is -0.464 e. The molecule has 118 valence electrons. The number of rotatable bonds is 3. The van der Waals surface area contributed by atoms with E-state index in [4.69, 9.17) is 10.3 Å². The Morgan fingerprint density at radius 3 is 2.59 bits per heavy atom. The summed E-state index contributed by atoms with van der Waals surface area (Å²) in [5.74, 6) is -3.19. The zero-order valence-corrected chi connectivity index (χ0v) is 12.4. The van der Waals surface area contributed by atoms with Gasteiger partial charge in [-0.3, -0.25) is 14.5 Å². The monoisotopic (exact) mass is 329 g/mol. The Bertz CT molecular complexity index is 761. The number of esters is 2. The van der Waals surface area contributed by atoms with E-state index in [0.717, 1.165) is 14.0 Å². The Kier molecular flexibility index (Phi) is 3.86. The number of hydrogen-bond donors (Lipinski definition) is 0. The molecule has 0 saturated carbocycles. The standard InChI is InChI=1S/C11H11N3O7S/c1-5(15)21-3-6-4-22(18,19)10-7(13-12)9(16)14(10)8(6)11(17)20-2/h10H,3-4H2,1-2H3/t10-/m1/s1. The van der Waals surface area contributed by atoms with Gasteiger partial charge in [-0.25, -0.2) is 13.2 Å². The molecule has 2 aliphatic heterocycles. The second-order valence-electron chi connectivity index (χ2n) is 4.54. The van der Waals surface area contributed by atoms with Gasteiger partial charge in [0.2, 0.25) is 5.37 Å². The molecule has 0 bridgehead atoms. The molecule has 0 aliphatic carbocycles. The number of methoxy groups -OCH3 is 1. The molecule has 11 heteroatoms. The van der Waals surface area contributed by atoms with Crippen molar-refractivity contribution in [2.75, 3.05) is 19.5 Å². The highest BCUT2D eigenvalue weighted by Gasteiger charge is 2.64. The summed E-state index contributed by atoms with van der Waals surface area (Å²) in [5, 5.41) is -1.54. The Balaban J connectivity index is 2.56. The van der Waals surface area contributed by atoms with Crippen LogP contribution in [0.2, 0.25) is 0 Å². The van der Waals surface area contributed by atoms with E-state index in [1.165, 1.54) is 0 Å². The third kappa shape index (κ3) is 2.30. The first-order chi connectivity index (χ1) is 10.2. The molecule has 2 rings (SSSR count). The molecule has 1 atom stereocenters. The summed E-state index contributed by atoms with van der Waals surface area (Å²) in [5.41, 5.74) is 7.75. The smallest absolute Gasteiger partial charge is 0.394 e. The topological polar surface area (TPSA) is 143 Å². The molecule has 1 fully saturated rings. The van der Waals surface area contributed by atoms with E-state index in [2.05, 4.69) is 9.53 Å². The number of hydrogen-bond acceptors (Lipinski definition) is 7. The predicted molar refractivity (Wildman–Crippen MR) is 68.7 cm³/mol. The summed E-state index contributed by atoms with van der Waals surface area (Å²) < 4.78 is 33.6. The summed E-state index contributed by atoms with van der Waals surface area (Å²) in [4.78, 5) is 37.9. The first-order valence-electron chi connectivity index (χ1n) is 5.95. The minimum atomic E-state index is -3.93. The van der Waals surface area contributed by atoms with E-state index in [1.807, 2.05) is 0 Å². The van der Waals surface area contributed by atoms with Crippen molar-refractivity contribution < 1.29 is 37.1 Å². The maximum Gasteiger partial charge on any atom is 0.394 e. The van der Waals surface area contributed by atoms with Gasteiger partial charge in [0.15, 0.2) is 9.84 Å². The van der Waals surface area contributed by atoms with Gasteiger partial charge in [0.1, 0.15) is 12.3 Å². The van der Waals surface area contributed by atoms with Gasteiger partial charge >= 0.3 is 23.6 Å². The number of amides is 1. The van der Waals surface area contributed by atoms with Crippen LogP contribution in [0.25, 0.3) is 5.53 Å². The maximum absolute atomic E-state index is 12.2. The van der Waals surface area contributed by atoms with Crippen LogP contribution in [0, 0.1) is 0 Å². The molecule has 0 unspecified atom stereocenters. The lowest BCUT2D eigenvalue weighted by Gasteiger charge is -2.39. The number of nitrogens with zero attached hydrogens (tertiary/aromatic N) is 3. The number of carbonyl (C=O) groups excluding carboxylic acids is 3. The van der Waals surface area contributed by atoms with Gasteiger partial charge in [0.05, 0.1) is 12.9 Å². The molecular weight excluding hydrogens is 318 g/mol. The molecule has 1 amide bonds. The number of β-lactam (4-membered cyclic amide) rings is 1. The number of fused-ring (bicyclic) bond motifs is 1. The average Bonchev–Trinajstić information content (AvgIpc) is 2.44. The summed E-state index contributed by atoms with van der Waals surface area (Å²) in [6.07, 6.45) is 0. The van der Waals surface area contributed by atoms with Gasteiger partial charge in [-0.2, -0.15) is 4.79 Å². The Morgan fingerprint density at radius 1 is 1.45 bits per heavy atom. The Hall–Kier alpha value is -2.52. The highest BCUT2D eigenvalue weighted by atomic mass is 32.2. The average molecular weight is 329 g/mol. The molecule has 10 nitrogen and oxygen atoms in total. The van der Waals surface area contributed by atoms with Gasteiger partial charge in [-0.1, -0.05) is 0 Å². The minimum absolute atomic E-state index is 0.0800. The lowest BCUT2D eigenvalue weighted by Crippen LogP contribution is -2.68. The fourth-order valence-corrected chi connectivity index (χ4v) is 4.11. The van der Waals surface area contributed by atoms with Crippen LogP contribution < -0.4 is 0 Å². The lowest BCUT2D eigenvalue weighted by atomic mass is 10.1. The van der Waals surface area contributed by atoms with E-state index in [-0.39, 0.29) is 11.3 Å². The molecule has 1 saturated heterocycles. The number of ether oxygens (including phenoxy) is 2. The van der Waals surface area contributed by atoms with Crippen molar-refractivity contribution in [3.63, 3.8) is 0 Å². The van der Waals surface area contributed by atoms with Gasteiger partial charge < -0.3 is 15.0 Å². The van der Waals surface area contributed by atoms with Crippen LogP contribution in [0.4, 0.5) is 0 Å². The van der Waals surface area contributed by atoms with Crippen LogP contribution in [0.3, 0.4) is 0 Å². The quantitative estimate of drug-likeness (QED) is 0.258. The van der Waals surface area contributed by atoms with Crippen molar-refractivity contribution >= 4 is 33.4 Å². The first-order valence-corrected chi connectivity index (χ1v) is 7.67. The van der Waals surface area contributed by atoms with Crippen LogP contribution in [-0.2, 0) is 33.7 Å². The Morgan fingerprint density at radius 2 is 2.09 bits per heavy atom. The predicted octanol–water partition coefficient (Wildman–Crippen LogP) is -1.76. The fraction of sp³-hybridized carbons (Fsp3) is 0.455. The molecule has 0 radical (unpaired) electrons. The molecule has 0 aromatic carbocycles. The Labute approximate surface area is 124 Å². The highest BCUT2D eigenvalue weighted by Crippen LogP contribution is 2.34. The normalized spacial score (nSPS) is 22.5. The van der Waals surface area contributed by atoms with Crippen molar-refractivity contribution in [2.45, 2.75) is 12.3 Å². The van der Waals surface area contributed by atoms with Gasteiger partial charge in [0.25, 0.3) is 0 Å². The zero-order chi connectivity index (χ0) is 16.7. The highest BCUT2D eigenvalue weighted by molar-refractivity contribution is 7.93. The molecule has 0 N–H and O–H groups in total. The second kappa shape index (κ2) is 5.35. The van der Waals surface area contributed by atoms with Crippen LogP contribution in [0.15, 0.2) is 11.3 Å². The van der Waals surface area contributed by atoms with Crippen LogP contribution >= 0.6 is 0 Å². The molecule has 22 heavy (non-hydrogen) atoms. The summed E-state index contributed by atoms with van der Waals surface area (Å²) >= 11 is 0. The zero-order valence-electron chi connectivity index (χ0n) is 11.6. The molecule has 2 aliphatic rings. The van der Waals surface area contributed by atoms with E-state index < -0.39 is 51.1 Å². The van der Waals surface area contributed by atoms with Crippen LogP contribution in [0.5, 0.6) is 0 Å². The molecule has 0 aromatic heterocycles. The van der Waals surface area contributed by atoms with Crippen molar-refractivity contribution in [3.8, 4) is 0 Å². The fourth-order valence-electron chi connectivity index (χ4n) is 2.23. The third-order valence-electron chi connectivity index (χ3n) is 3.13. The SMILES string of the molecule is COC(=O)C1=C(COC(C)=O)CS(=O)(=O)[C@@H]2C(=[N+]=[N-])C(=O)N12. The van der Waals surface area contributed by atoms with Gasteiger partial charge in [0, 0.05) is 12.5 Å². The molecule has 0 spiro atoms. The lowest BCUT2D eigenvalue weighted by molar-refractivity contribution is -0.145.